The number of hydrogen-bond acceptors (Lipinski definition) is 5. The van der Waals surface area contributed by atoms with E-state index in [1.54, 1.807) is 0 Å². The molecule has 10 heteroatoms. The Kier molecular flexibility index (Phi) is 9.47. The number of fused-ring (bicyclic) bond motifs is 1. The molecule has 0 spiro atoms. The van der Waals surface area contributed by atoms with Gasteiger partial charge < -0.3 is 30.2 Å². The van der Waals surface area contributed by atoms with E-state index in [1.807, 2.05) is 69.3 Å². The van der Waals surface area contributed by atoms with E-state index in [1.165, 1.54) is 19.3 Å². The Morgan fingerprint density at radius 2 is 1.45 bits per heavy atom. The standard InChI is InChI=1S/C37H48N6O4/c44-34(41-19-15-29(16-20-41)43-25-27-11-5-6-12-32(27)39-37(43)47)24-33(38-35(45)31-23-30(31)26-9-3-1-4-10-26)36(46)42-21-13-28(14-22-42)40-17-7-2-8-18-40/h1,3-6,9-12,28-31,33H,2,7-8,13-25H2,(H,38,45)(H,39,47)/t30-,31+,33-/m0/s1. The molecule has 2 N–H and O–H groups in total. The van der Waals surface area contributed by atoms with Crippen molar-refractivity contribution in [1.29, 1.82) is 0 Å². The fourth-order valence-corrected chi connectivity index (χ4v) is 8.24. The van der Waals surface area contributed by atoms with Crippen LogP contribution in [-0.4, -0.2) is 101 Å². The molecule has 1 aliphatic carbocycles. The molecule has 0 aromatic heterocycles. The molecular formula is C37H48N6O4. The molecule has 4 aliphatic heterocycles. The largest absolute Gasteiger partial charge is 0.344 e. The van der Waals surface area contributed by atoms with Crippen LogP contribution in [0.2, 0.25) is 0 Å². The van der Waals surface area contributed by atoms with Crippen LogP contribution in [0, 0.1) is 5.92 Å². The van der Waals surface area contributed by atoms with Gasteiger partial charge in [-0.05, 0) is 81.1 Å². The van der Waals surface area contributed by atoms with E-state index in [9.17, 15) is 19.2 Å². The summed E-state index contributed by atoms with van der Waals surface area (Å²) >= 11 is 0. The van der Waals surface area contributed by atoms with Crippen LogP contribution in [0.3, 0.4) is 0 Å². The van der Waals surface area contributed by atoms with Crippen molar-refractivity contribution in [3.05, 3.63) is 65.7 Å². The molecule has 0 radical (unpaired) electrons. The summed E-state index contributed by atoms with van der Waals surface area (Å²) in [6.07, 6.45) is 7.73. The Morgan fingerprint density at radius 3 is 2.19 bits per heavy atom. The zero-order valence-corrected chi connectivity index (χ0v) is 27.3. The van der Waals surface area contributed by atoms with Crippen LogP contribution in [0.4, 0.5) is 10.5 Å². The van der Waals surface area contributed by atoms with Crippen LogP contribution in [0.15, 0.2) is 54.6 Å². The van der Waals surface area contributed by atoms with Crippen molar-refractivity contribution in [2.75, 3.05) is 44.6 Å². The summed E-state index contributed by atoms with van der Waals surface area (Å²) < 4.78 is 0. The normalized spacial score (nSPS) is 24.7. The first kappa shape index (κ1) is 31.7. The quantitative estimate of drug-likeness (QED) is 0.451. The van der Waals surface area contributed by atoms with E-state index >= 15 is 0 Å². The highest BCUT2D eigenvalue weighted by Gasteiger charge is 2.45. The van der Waals surface area contributed by atoms with E-state index in [0.717, 1.165) is 49.2 Å². The second-order valence-corrected chi connectivity index (χ2v) is 14.1. The number of amides is 5. The number of piperidine rings is 3. The third-order valence-electron chi connectivity index (χ3n) is 11.1. The fraction of sp³-hybridized carbons (Fsp3) is 0.568. The van der Waals surface area contributed by atoms with Crippen molar-refractivity contribution >= 4 is 29.4 Å². The molecule has 3 atom stereocenters. The molecule has 2 aromatic carbocycles. The Hall–Kier alpha value is -3.92. The van der Waals surface area contributed by atoms with Gasteiger partial charge in [-0.1, -0.05) is 55.0 Å². The zero-order chi connectivity index (χ0) is 32.3. The van der Waals surface area contributed by atoms with Gasteiger partial charge in [-0.3, -0.25) is 14.4 Å². The summed E-state index contributed by atoms with van der Waals surface area (Å²) in [6, 6.07) is 17.5. The topological polar surface area (TPSA) is 105 Å². The number of urea groups is 1. The first-order chi connectivity index (χ1) is 22.9. The number of anilines is 1. The highest BCUT2D eigenvalue weighted by Crippen LogP contribution is 2.47. The third kappa shape index (κ3) is 7.17. The molecule has 5 aliphatic rings. The Labute approximate surface area is 277 Å². The van der Waals surface area contributed by atoms with Crippen molar-refractivity contribution in [2.45, 2.75) is 88.4 Å². The molecule has 4 fully saturated rings. The molecule has 2 aromatic rings. The summed E-state index contributed by atoms with van der Waals surface area (Å²) in [7, 11) is 0. The number of nitrogens with zero attached hydrogens (tertiary/aromatic N) is 4. The minimum Gasteiger partial charge on any atom is -0.344 e. The SMILES string of the molecule is O=C(N[C@@H](CC(=O)N1CCC(N2Cc3ccccc3NC2=O)CC1)C(=O)N1CCC(N2CCCCC2)CC1)[C@@H]1C[C@H]1c1ccccc1. The lowest BCUT2D eigenvalue weighted by molar-refractivity contribution is -0.142. The first-order valence-corrected chi connectivity index (χ1v) is 17.8. The maximum atomic E-state index is 14.0. The lowest BCUT2D eigenvalue weighted by atomic mass is 9.98. The maximum absolute atomic E-state index is 14.0. The second-order valence-electron chi connectivity index (χ2n) is 14.1. The van der Waals surface area contributed by atoms with Crippen LogP contribution >= 0.6 is 0 Å². The average molecular weight is 641 g/mol. The number of rotatable bonds is 8. The van der Waals surface area contributed by atoms with Gasteiger partial charge in [-0.2, -0.15) is 0 Å². The van der Waals surface area contributed by atoms with Crippen molar-refractivity contribution in [3.63, 3.8) is 0 Å². The monoisotopic (exact) mass is 640 g/mol. The molecule has 7 rings (SSSR count). The number of benzene rings is 2. The van der Waals surface area contributed by atoms with Gasteiger partial charge in [0.15, 0.2) is 0 Å². The minimum absolute atomic E-state index is 0.0375. The molecule has 4 heterocycles. The smallest absolute Gasteiger partial charge is 0.322 e. The van der Waals surface area contributed by atoms with Crippen LogP contribution in [0.5, 0.6) is 0 Å². The van der Waals surface area contributed by atoms with Crippen molar-refractivity contribution in [2.24, 2.45) is 5.92 Å². The summed E-state index contributed by atoms with van der Waals surface area (Å²) in [4.78, 5) is 62.2. The van der Waals surface area contributed by atoms with Crippen molar-refractivity contribution in [3.8, 4) is 0 Å². The Balaban J connectivity index is 0.972. The van der Waals surface area contributed by atoms with Crippen LogP contribution in [0.1, 0.15) is 74.8 Å². The lowest BCUT2D eigenvalue weighted by Gasteiger charge is -2.41. The molecule has 10 nitrogen and oxygen atoms in total. The summed E-state index contributed by atoms with van der Waals surface area (Å²) in [5, 5.41) is 6.05. The van der Waals surface area contributed by atoms with Gasteiger partial charge in [0, 0.05) is 56.4 Å². The number of para-hydroxylation sites is 1. The third-order valence-corrected chi connectivity index (χ3v) is 11.1. The van der Waals surface area contributed by atoms with Crippen molar-refractivity contribution < 1.29 is 19.2 Å². The molecule has 47 heavy (non-hydrogen) atoms. The summed E-state index contributed by atoms with van der Waals surface area (Å²) in [5.74, 6) is -0.415. The van der Waals surface area contributed by atoms with E-state index < -0.39 is 6.04 Å². The van der Waals surface area contributed by atoms with E-state index in [2.05, 4.69) is 15.5 Å². The molecule has 0 unspecified atom stereocenters. The van der Waals surface area contributed by atoms with Gasteiger partial charge in [-0.15, -0.1) is 0 Å². The van der Waals surface area contributed by atoms with Gasteiger partial charge >= 0.3 is 6.03 Å². The van der Waals surface area contributed by atoms with Crippen LogP contribution in [0.25, 0.3) is 0 Å². The highest BCUT2D eigenvalue weighted by atomic mass is 16.2. The fourth-order valence-electron chi connectivity index (χ4n) is 8.24. The Bertz CT molecular complexity index is 1450. The van der Waals surface area contributed by atoms with Gasteiger partial charge in [0.1, 0.15) is 6.04 Å². The number of nitrogens with one attached hydrogen (secondary N) is 2. The zero-order valence-electron chi connectivity index (χ0n) is 27.3. The molecule has 0 bridgehead atoms. The number of carbonyl (C=O) groups is 4. The van der Waals surface area contributed by atoms with Crippen LogP contribution < -0.4 is 10.6 Å². The minimum atomic E-state index is -0.874. The highest BCUT2D eigenvalue weighted by molar-refractivity contribution is 5.94. The van der Waals surface area contributed by atoms with Gasteiger partial charge in [0.2, 0.25) is 17.7 Å². The lowest BCUT2D eigenvalue weighted by Crippen LogP contribution is -2.55. The Morgan fingerprint density at radius 1 is 0.787 bits per heavy atom. The second kappa shape index (κ2) is 14.1. The molecular weight excluding hydrogens is 592 g/mol. The van der Waals surface area contributed by atoms with E-state index in [4.69, 9.17) is 0 Å². The van der Waals surface area contributed by atoms with Gasteiger partial charge in [0.05, 0.1) is 6.42 Å². The predicted octanol–water partition coefficient (Wildman–Crippen LogP) is 4.18. The van der Waals surface area contributed by atoms with Crippen LogP contribution in [-0.2, 0) is 20.9 Å². The van der Waals surface area contributed by atoms with E-state index in [0.29, 0.717) is 51.6 Å². The van der Waals surface area contributed by atoms with Gasteiger partial charge in [0.25, 0.3) is 0 Å². The number of carbonyl (C=O) groups excluding carboxylic acids is 4. The molecule has 250 valence electrons. The number of likely N-dealkylation sites (tertiary alicyclic amines) is 3. The predicted molar refractivity (Wildman–Crippen MR) is 179 cm³/mol. The molecule has 3 saturated heterocycles. The van der Waals surface area contributed by atoms with E-state index in [-0.39, 0.29) is 48.1 Å². The van der Waals surface area contributed by atoms with Crippen molar-refractivity contribution in [1.82, 2.24) is 24.9 Å². The first-order valence-electron chi connectivity index (χ1n) is 17.8. The van der Waals surface area contributed by atoms with Gasteiger partial charge in [-0.25, -0.2) is 4.79 Å². The summed E-state index contributed by atoms with van der Waals surface area (Å²) in [5.41, 5.74) is 3.09. The number of hydrogen-bond donors (Lipinski definition) is 2. The maximum Gasteiger partial charge on any atom is 0.322 e. The average Bonchev–Trinajstić information content (AvgIpc) is 3.93. The molecule has 5 amide bonds. The summed E-state index contributed by atoms with van der Waals surface area (Å²) in [6.45, 7) is 5.19. The molecule has 1 saturated carbocycles.